The molecule has 1 N–H and O–H groups in total. The van der Waals surface area contributed by atoms with Gasteiger partial charge in [0.15, 0.2) is 6.33 Å². The first kappa shape index (κ1) is 6.34. The Balaban J connectivity index is 2.67. The summed E-state index contributed by atoms with van der Waals surface area (Å²) in [6.45, 7) is -0.436. The van der Waals surface area contributed by atoms with Gasteiger partial charge in [-0.2, -0.15) is 0 Å². The predicted molar refractivity (Wildman–Crippen MR) is 39.7 cm³/mol. The molecule has 0 saturated carbocycles. The maximum atomic E-state index is 12.1. The van der Waals surface area contributed by atoms with E-state index in [1.807, 2.05) is 0 Å². The van der Waals surface area contributed by atoms with Crippen LogP contribution in [0.1, 0.15) is 5.56 Å². The molecule has 0 bridgehead atoms. The van der Waals surface area contributed by atoms with Crippen molar-refractivity contribution in [3.63, 3.8) is 0 Å². The fourth-order valence-corrected chi connectivity index (χ4v) is 1.01. The fraction of sp³-hybridized carbons (Fsp3) is 0.125. The molecule has 1 aromatic heterocycles. The zero-order chi connectivity index (χ0) is 7.68. The lowest BCUT2D eigenvalue weighted by Gasteiger charge is -1.91. The van der Waals surface area contributed by atoms with E-state index in [2.05, 4.69) is 16.3 Å². The van der Waals surface area contributed by atoms with Crippen molar-refractivity contribution < 1.29 is 4.39 Å². The number of fused-ring (bicyclic) bond motifs is 1. The van der Waals surface area contributed by atoms with Crippen molar-refractivity contribution >= 4 is 11.0 Å². The molecule has 0 aliphatic carbocycles. The lowest BCUT2D eigenvalue weighted by atomic mass is 10.2. The van der Waals surface area contributed by atoms with E-state index < -0.39 is 6.67 Å². The topological polar surface area (TPSA) is 28.7 Å². The third-order valence-electron chi connectivity index (χ3n) is 1.58. The Morgan fingerprint density at radius 2 is 2.45 bits per heavy atom. The van der Waals surface area contributed by atoms with Gasteiger partial charge in [-0.3, -0.25) is 0 Å². The smallest absolute Gasteiger partial charge is 0.174 e. The van der Waals surface area contributed by atoms with Crippen LogP contribution in [0.25, 0.3) is 11.0 Å². The summed E-state index contributed by atoms with van der Waals surface area (Å²) in [7, 11) is 0. The van der Waals surface area contributed by atoms with Gasteiger partial charge in [-0.05, 0) is 17.7 Å². The molecule has 0 aliphatic heterocycles. The molecule has 11 heavy (non-hydrogen) atoms. The standard InChI is InChI=1S/C8H6FN2/c9-4-6-1-2-7-8(3-6)11-5-10-7/h1-3H,4H2,(H,10,11). The highest BCUT2D eigenvalue weighted by Crippen LogP contribution is 2.11. The van der Waals surface area contributed by atoms with Gasteiger partial charge in [0.25, 0.3) is 0 Å². The van der Waals surface area contributed by atoms with Crippen LogP contribution in [-0.2, 0) is 6.67 Å². The number of aromatic amines is 1. The molecule has 2 aromatic rings. The second-order valence-corrected chi connectivity index (χ2v) is 2.33. The number of H-pyrrole nitrogens is 1. The van der Waals surface area contributed by atoms with Gasteiger partial charge in [-0.1, -0.05) is 6.07 Å². The molecule has 1 radical (unpaired) electrons. The van der Waals surface area contributed by atoms with Crippen LogP contribution in [0.2, 0.25) is 0 Å². The molecule has 0 amide bonds. The zero-order valence-corrected chi connectivity index (χ0v) is 5.76. The van der Waals surface area contributed by atoms with Gasteiger partial charge in [0.2, 0.25) is 0 Å². The van der Waals surface area contributed by atoms with Crippen LogP contribution in [-0.4, -0.2) is 9.97 Å². The summed E-state index contributed by atoms with van der Waals surface area (Å²) in [6, 6.07) is 5.23. The number of rotatable bonds is 1. The molecular formula is C8H6FN2. The van der Waals surface area contributed by atoms with E-state index in [-0.39, 0.29) is 0 Å². The summed E-state index contributed by atoms with van der Waals surface area (Å²) in [5.41, 5.74) is 2.32. The number of alkyl halides is 1. The highest BCUT2D eigenvalue weighted by Gasteiger charge is 1.96. The molecule has 0 aliphatic rings. The average molecular weight is 149 g/mol. The van der Waals surface area contributed by atoms with Crippen LogP contribution in [0.3, 0.4) is 0 Å². The Labute approximate surface area is 63.1 Å². The Morgan fingerprint density at radius 1 is 1.55 bits per heavy atom. The molecule has 2 nitrogen and oxygen atoms in total. The van der Waals surface area contributed by atoms with E-state index in [1.165, 1.54) is 0 Å². The van der Waals surface area contributed by atoms with Gasteiger partial charge in [0.1, 0.15) is 6.67 Å². The Kier molecular flexibility index (Phi) is 1.35. The number of nitrogens with zero attached hydrogens (tertiary/aromatic N) is 1. The Hall–Kier alpha value is -1.38. The molecule has 0 spiro atoms. The Bertz CT molecular complexity index is 367. The van der Waals surface area contributed by atoms with E-state index in [4.69, 9.17) is 0 Å². The van der Waals surface area contributed by atoms with E-state index in [9.17, 15) is 4.39 Å². The third-order valence-corrected chi connectivity index (χ3v) is 1.58. The molecule has 0 fully saturated rings. The maximum absolute atomic E-state index is 12.1. The first-order valence-electron chi connectivity index (χ1n) is 3.31. The number of hydrogen-bond donors (Lipinski definition) is 1. The van der Waals surface area contributed by atoms with Crippen LogP contribution in [0.5, 0.6) is 0 Å². The second-order valence-electron chi connectivity index (χ2n) is 2.33. The molecule has 3 heteroatoms. The Morgan fingerprint density at radius 3 is 3.27 bits per heavy atom. The summed E-state index contributed by atoms with van der Waals surface area (Å²) in [5, 5.41) is 0. The van der Waals surface area contributed by atoms with Gasteiger partial charge in [-0.25, -0.2) is 9.37 Å². The molecular weight excluding hydrogens is 143 g/mol. The van der Waals surface area contributed by atoms with Crippen molar-refractivity contribution in [3.05, 3.63) is 30.1 Å². The van der Waals surface area contributed by atoms with Crippen LogP contribution < -0.4 is 0 Å². The molecule has 2 rings (SSSR count). The molecule has 0 unspecified atom stereocenters. The van der Waals surface area contributed by atoms with Gasteiger partial charge < -0.3 is 4.98 Å². The molecule has 1 heterocycles. The van der Waals surface area contributed by atoms with Crippen molar-refractivity contribution in [1.82, 2.24) is 9.97 Å². The van der Waals surface area contributed by atoms with Crippen LogP contribution in [0, 0.1) is 6.33 Å². The van der Waals surface area contributed by atoms with E-state index in [0.29, 0.717) is 5.56 Å². The van der Waals surface area contributed by atoms with Gasteiger partial charge in [0.05, 0.1) is 11.0 Å². The van der Waals surface area contributed by atoms with E-state index in [0.717, 1.165) is 11.0 Å². The van der Waals surface area contributed by atoms with Gasteiger partial charge >= 0.3 is 0 Å². The summed E-state index contributed by atoms with van der Waals surface area (Å²) < 4.78 is 12.1. The first-order valence-corrected chi connectivity index (χ1v) is 3.31. The van der Waals surface area contributed by atoms with Crippen molar-refractivity contribution in [2.24, 2.45) is 0 Å². The van der Waals surface area contributed by atoms with Crippen LogP contribution >= 0.6 is 0 Å². The minimum Gasteiger partial charge on any atom is -0.335 e. The van der Waals surface area contributed by atoms with Crippen LogP contribution in [0.4, 0.5) is 4.39 Å². The lowest BCUT2D eigenvalue weighted by Crippen LogP contribution is -1.77. The van der Waals surface area contributed by atoms with E-state index >= 15 is 0 Å². The second kappa shape index (κ2) is 2.34. The maximum Gasteiger partial charge on any atom is 0.174 e. The number of benzene rings is 1. The van der Waals surface area contributed by atoms with Gasteiger partial charge in [-0.15, -0.1) is 0 Å². The number of aromatic nitrogens is 2. The average Bonchev–Trinajstić information content (AvgIpc) is 2.50. The highest BCUT2D eigenvalue weighted by atomic mass is 19.1. The molecule has 1 aromatic carbocycles. The lowest BCUT2D eigenvalue weighted by molar-refractivity contribution is 0.485. The number of imidazole rings is 1. The monoisotopic (exact) mass is 149 g/mol. The summed E-state index contributed by atoms with van der Waals surface area (Å²) in [5.74, 6) is 0. The molecule has 0 saturated heterocycles. The summed E-state index contributed by atoms with van der Waals surface area (Å²) in [4.78, 5) is 6.68. The van der Waals surface area contributed by atoms with Crippen molar-refractivity contribution in [1.29, 1.82) is 0 Å². The number of halogens is 1. The van der Waals surface area contributed by atoms with E-state index in [1.54, 1.807) is 18.2 Å². The quantitative estimate of drug-likeness (QED) is 0.658. The minimum absolute atomic E-state index is 0.436. The highest BCUT2D eigenvalue weighted by molar-refractivity contribution is 5.74. The molecule has 0 atom stereocenters. The first-order chi connectivity index (χ1) is 5.40. The largest absolute Gasteiger partial charge is 0.335 e. The van der Waals surface area contributed by atoms with Crippen molar-refractivity contribution in [2.45, 2.75) is 6.67 Å². The predicted octanol–water partition coefficient (Wildman–Crippen LogP) is 1.83. The normalized spacial score (nSPS) is 10.6. The van der Waals surface area contributed by atoms with Gasteiger partial charge in [0, 0.05) is 0 Å². The van der Waals surface area contributed by atoms with Crippen molar-refractivity contribution in [2.75, 3.05) is 0 Å². The number of nitrogens with one attached hydrogen (secondary N) is 1. The zero-order valence-electron chi connectivity index (χ0n) is 5.76. The minimum atomic E-state index is -0.436. The third kappa shape index (κ3) is 0.981. The SMILES string of the molecule is FCc1ccc2n[c][nH]c2c1. The molecule has 55 valence electrons. The van der Waals surface area contributed by atoms with Crippen molar-refractivity contribution in [3.8, 4) is 0 Å². The summed E-state index contributed by atoms with van der Waals surface area (Å²) in [6.07, 6.45) is 2.59. The summed E-state index contributed by atoms with van der Waals surface area (Å²) >= 11 is 0. The number of hydrogen-bond acceptors (Lipinski definition) is 1. The van der Waals surface area contributed by atoms with Crippen LogP contribution in [0.15, 0.2) is 18.2 Å². The fourth-order valence-electron chi connectivity index (χ4n) is 1.01.